The van der Waals surface area contributed by atoms with Gasteiger partial charge in [-0.3, -0.25) is 0 Å². The molecule has 0 aromatic carbocycles. The summed E-state index contributed by atoms with van der Waals surface area (Å²) in [5.41, 5.74) is 0.238. The number of likely N-dealkylation sites (N-methyl/N-ethyl adjacent to an activating group) is 1. The fourth-order valence-electron chi connectivity index (χ4n) is 1.36. The summed E-state index contributed by atoms with van der Waals surface area (Å²) in [5.74, 6) is -0.945. The molecular formula is C11H17ClN2O2. The highest BCUT2D eigenvalue weighted by atomic mass is 35.5. The molecule has 1 heterocycles. The van der Waals surface area contributed by atoms with Crippen LogP contribution in [0.25, 0.3) is 0 Å². The molecule has 1 rings (SSSR count). The van der Waals surface area contributed by atoms with Crippen LogP contribution in [0.4, 0.5) is 0 Å². The molecule has 0 aliphatic heterocycles. The first-order chi connectivity index (χ1) is 7.41. The van der Waals surface area contributed by atoms with E-state index in [4.69, 9.17) is 16.7 Å². The lowest BCUT2D eigenvalue weighted by molar-refractivity contribution is 0.0684. The van der Waals surface area contributed by atoms with Crippen LogP contribution in [-0.2, 0) is 6.54 Å². The van der Waals surface area contributed by atoms with E-state index in [2.05, 4.69) is 18.7 Å². The summed E-state index contributed by atoms with van der Waals surface area (Å²) in [6.45, 7) is 5.62. The Morgan fingerprint density at radius 1 is 1.62 bits per heavy atom. The summed E-state index contributed by atoms with van der Waals surface area (Å²) in [4.78, 5) is 13.1. The minimum absolute atomic E-state index is 0.238. The molecule has 0 aliphatic rings. The Kier molecular flexibility index (Phi) is 4.38. The van der Waals surface area contributed by atoms with E-state index in [0.717, 1.165) is 6.54 Å². The summed E-state index contributed by atoms with van der Waals surface area (Å²) in [7, 11) is 2.01. The summed E-state index contributed by atoms with van der Waals surface area (Å²) in [6, 6.07) is 1.92. The number of rotatable bonds is 5. The van der Waals surface area contributed by atoms with Gasteiger partial charge in [-0.15, -0.1) is 0 Å². The van der Waals surface area contributed by atoms with E-state index in [9.17, 15) is 4.79 Å². The maximum Gasteiger partial charge on any atom is 0.352 e. The molecule has 0 spiro atoms. The van der Waals surface area contributed by atoms with Crippen LogP contribution in [0.2, 0.25) is 5.02 Å². The maximum atomic E-state index is 10.9. The number of hydrogen-bond donors (Lipinski definition) is 1. The van der Waals surface area contributed by atoms with E-state index in [-0.39, 0.29) is 5.69 Å². The van der Waals surface area contributed by atoms with E-state index >= 15 is 0 Å². The molecule has 1 aromatic heterocycles. The van der Waals surface area contributed by atoms with Gasteiger partial charge >= 0.3 is 5.97 Å². The molecule has 90 valence electrons. The minimum Gasteiger partial charge on any atom is -0.477 e. The zero-order valence-corrected chi connectivity index (χ0v) is 10.5. The number of halogens is 1. The highest BCUT2D eigenvalue weighted by molar-refractivity contribution is 6.30. The van der Waals surface area contributed by atoms with Gasteiger partial charge in [0, 0.05) is 25.3 Å². The smallest absolute Gasteiger partial charge is 0.352 e. The molecule has 0 saturated carbocycles. The Morgan fingerprint density at radius 3 is 2.75 bits per heavy atom. The summed E-state index contributed by atoms with van der Waals surface area (Å²) in [6.07, 6.45) is 1.65. The summed E-state index contributed by atoms with van der Waals surface area (Å²) in [5, 5.41) is 9.42. The van der Waals surface area contributed by atoms with Crippen molar-refractivity contribution in [3.05, 3.63) is 23.0 Å². The molecule has 4 nitrogen and oxygen atoms in total. The Bertz CT molecular complexity index is 374. The predicted molar refractivity (Wildman–Crippen MR) is 64.2 cm³/mol. The average molecular weight is 245 g/mol. The van der Waals surface area contributed by atoms with E-state index in [1.54, 1.807) is 10.8 Å². The standard InChI is InChI=1S/C11H17ClN2O2/c1-8(2)13(3)4-5-14-7-9(12)6-10(14)11(15)16/h6-8H,4-5H2,1-3H3,(H,15,16). The number of aromatic carboxylic acids is 1. The number of nitrogens with zero attached hydrogens (tertiary/aromatic N) is 2. The molecule has 0 fully saturated rings. The van der Waals surface area contributed by atoms with Gasteiger partial charge in [-0.25, -0.2) is 4.79 Å². The molecule has 5 heteroatoms. The van der Waals surface area contributed by atoms with Gasteiger partial charge in [0.25, 0.3) is 0 Å². The van der Waals surface area contributed by atoms with Crippen molar-refractivity contribution in [1.29, 1.82) is 0 Å². The van der Waals surface area contributed by atoms with Crippen molar-refractivity contribution in [2.24, 2.45) is 0 Å². The first-order valence-corrected chi connectivity index (χ1v) is 5.59. The molecule has 1 aromatic rings. The van der Waals surface area contributed by atoms with Crippen molar-refractivity contribution in [3.8, 4) is 0 Å². The van der Waals surface area contributed by atoms with Crippen LogP contribution in [0.3, 0.4) is 0 Å². The second-order valence-corrected chi connectivity index (χ2v) is 4.55. The van der Waals surface area contributed by atoms with Crippen LogP contribution in [-0.4, -0.2) is 40.2 Å². The van der Waals surface area contributed by atoms with Gasteiger partial charge in [0.15, 0.2) is 0 Å². The van der Waals surface area contributed by atoms with Crippen molar-refractivity contribution in [3.63, 3.8) is 0 Å². The Balaban J connectivity index is 2.70. The summed E-state index contributed by atoms with van der Waals surface area (Å²) < 4.78 is 1.67. The highest BCUT2D eigenvalue weighted by Gasteiger charge is 2.12. The lowest BCUT2D eigenvalue weighted by Gasteiger charge is -2.21. The number of aromatic nitrogens is 1. The number of hydrogen-bond acceptors (Lipinski definition) is 2. The van der Waals surface area contributed by atoms with Crippen LogP contribution in [0.5, 0.6) is 0 Å². The van der Waals surface area contributed by atoms with E-state index in [0.29, 0.717) is 17.6 Å². The van der Waals surface area contributed by atoms with Crippen molar-refractivity contribution in [1.82, 2.24) is 9.47 Å². The van der Waals surface area contributed by atoms with Crippen LogP contribution < -0.4 is 0 Å². The van der Waals surface area contributed by atoms with Gasteiger partial charge in [-0.1, -0.05) is 11.6 Å². The fourth-order valence-corrected chi connectivity index (χ4v) is 1.58. The molecule has 0 atom stereocenters. The van der Waals surface area contributed by atoms with Gasteiger partial charge in [0.05, 0.1) is 5.02 Å². The monoisotopic (exact) mass is 244 g/mol. The first kappa shape index (κ1) is 13.1. The first-order valence-electron chi connectivity index (χ1n) is 5.21. The molecule has 0 aliphatic carbocycles. The van der Waals surface area contributed by atoms with Gasteiger partial charge in [-0.05, 0) is 27.0 Å². The van der Waals surface area contributed by atoms with Crippen molar-refractivity contribution >= 4 is 17.6 Å². The van der Waals surface area contributed by atoms with Crippen LogP contribution in [0.1, 0.15) is 24.3 Å². The van der Waals surface area contributed by atoms with Crippen LogP contribution in [0, 0.1) is 0 Å². The topological polar surface area (TPSA) is 45.5 Å². The number of carbonyl (C=O) groups is 1. The SMILES string of the molecule is CC(C)N(C)CCn1cc(Cl)cc1C(=O)O. The lowest BCUT2D eigenvalue weighted by Crippen LogP contribution is -2.30. The Labute approximate surface area is 100 Å². The zero-order valence-electron chi connectivity index (χ0n) is 9.77. The van der Waals surface area contributed by atoms with Crippen LogP contribution >= 0.6 is 11.6 Å². The quantitative estimate of drug-likeness (QED) is 0.864. The molecule has 0 radical (unpaired) electrons. The molecule has 0 saturated heterocycles. The normalized spacial score (nSPS) is 11.4. The summed E-state index contributed by atoms with van der Waals surface area (Å²) >= 11 is 5.79. The maximum absolute atomic E-state index is 10.9. The third-order valence-corrected chi connectivity index (χ3v) is 2.86. The van der Waals surface area contributed by atoms with Gasteiger partial charge in [-0.2, -0.15) is 0 Å². The van der Waals surface area contributed by atoms with E-state index in [1.165, 1.54) is 6.07 Å². The highest BCUT2D eigenvalue weighted by Crippen LogP contribution is 2.14. The average Bonchev–Trinajstić information content (AvgIpc) is 2.56. The van der Waals surface area contributed by atoms with E-state index in [1.807, 2.05) is 7.05 Å². The molecule has 0 bridgehead atoms. The molecule has 1 N–H and O–H groups in total. The second-order valence-electron chi connectivity index (χ2n) is 4.12. The number of carboxylic acids is 1. The third kappa shape index (κ3) is 3.25. The lowest BCUT2D eigenvalue weighted by atomic mass is 10.3. The van der Waals surface area contributed by atoms with E-state index < -0.39 is 5.97 Å². The van der Waals surface area contributed by atoms with Crippen LogP contribution in [0.15, 0.2) is 12.3 Å². The predicted octanol–water partition coefficient (Wildman–Crippen LogP) is 2.18. The van der Waals surface area contributed by atoms with Crippen molar-refractivity contribution < 1.29 is 9.90 Å². The van der Waals surface area contributed by atoms with Gasteiger partial charge < -0.3 is 14.6 Å². The van der Waals surface area contributed by atoms with Crippen molar-refractivity contribution in [2.75, 3.05) is 13.6 Å². The molecular weight excluding hydrogens is 228 g/mol. The minimum atomic E-state index is -0.945. The third-order valence-electron chi connectivity index (χ3n) is 2.66. The zero-order chi connectivity index (χ0) is 12.3. The Hall–Kier alpha value is -1.00. The fraction of sp³-hybridized carbons (Fsp3) is 0.545. The largest absolute Gasteiger partial charge is 0.477 e. The van der Waals surface area contributed by atoms with Gasteiger partial charge in [0.2, 0.25) is 0 Å². The molecule has 0 unspecified atom stereocenters. The van der Waals surface area contributed by atoms with Crippen molar-refractivity contribution in [2.45, 2.75) is 26.4 Å². The molecule has 0 amide bonds. The second kappa shape index (κ2) is 5.37. The van der Waals surface area contributed by atoms with Gasteiger partial charge in [0.1, 0.15) is 5.69 Å². The number of carboxylic acid groups (broad SMARTS) is 1. The molecule has 16 heavy (non-hydrogen) atoms. The Morgan fingerprint density at radius 2 is 2.25 bits per heavy atom.